The highest BCUT2D eigenvalue weighted by Crippen LogP contribution is 2.19. The third kappa shape index (κ3) is 4.31. The van der Waals surface area contributed by atoms with Gasteiger partial charge in [0.05, 0.1) is 13.0 Å². The summed E-state index contributed by atoms with van der Waals surface area (Å²) in [7, 11) is 0. The van der Waals surface area contributed by atoms with Crippen LogP contribution >= 0.6 is 0 Å². The summed E-state index contributed by atoms with van der Waals surface area (Å²) < 4.78 is 5.49. The molecule has 4 N–H and O–H groups in total. The van der Waals surface area contributed by atoms with Crippen LogP contribution < -0.4 is 16.2 Å². The van der Waals surface area contributed by atoms with Gasteiger partial charge in [-0.15, -0.1) is 0 Å². The number of hydrogen-bond acceptors (Lipinski definition) is 3. The van der Waals surface area contributed by atoms with E-state index in [2.05, 4.69) is 0 Å². The molecule has 4 nitrogen and oxygen atoms in total. The van der Waals surface area contributed by atoms with Gasteiger partial charge in [-0.05, 0) is 25.0 Å². The Morgan fingerprint density at radius 3 is 2.75 bits per heavy atom. The van der Waals surface area contributed by atoms with Crippen LogP contribution in [0.3, 0.4) is 0 Å². The molecule has 1 aromatic rings. The molecule has 1 unspecified atom stereocenters. The van der Waals surface area contributed by atoms with E-state index in [1.54, 1.807) is 0 Å². The average molecular weight is 222 g/mol. The number of carbonyl (C=O) groups is 1. The Balaban J connectivity index is 2.60. The second kappa shape index (κ2) is 6.12. The molecule has 0 aliphatic carbocycles. The van der Waals surface area contributed by atoms with Crippen molar-refractivity contribution in [2.45, 2.75) is 25.8 Å². The van der Waals surface area contributed by atoms with Crippen LogP contribution in [0.5, 0.6) is 5.75 Å². The Hall–Kier alpha value is -1.55. The Labute approximate surface area is 95.6 Å². The summed E-state index contributed by atoms with van der Waals surface area (Å²) in [6, 6.07) is 7.77. The van der Waals surface area contributed by atoms with Crippen molar-refractivity contribution < 1.29 is 9.53 Å². The monoisotopic (exact) mass is 222 g/mol. The van der Waals surface area contributed by atoms with Crippen molar-refractivity contribution in [2.75, 3.05) is 6.61 Å². The van der Waals surface area contributed by atoms with E-state index in [0.717, 1.165) is 17.7 Å². The van der Waals surface area contributed by atoms with Crippen molar-refractivity contribution in [3.05, 3.63) is 29.8 Å². The van der Waals surface area contributed by atoms with Crippen LogP contribution in [0.15, 0.2) is 24.3 Å². The lowest BCUT2D eigenvalue weighted by Crippen LogP contribution is -2.19. The van der Waals surface area contributed by atoms with Crippen molar-refractivity contribution in [2.24, 2.45) is 11.5 Å². The van der Waals surface area contributed by atoms with E-state index in [1.165, 1.54) is 0 Å². The maximum Gasteiger partial charge on any atom is 0.220 e. The Kier molecular flexibility index (Phi) is 4.79. The third-order valence-electron chi connectivity index (χ3n) is 2.12. The van der Waals surface area contributed by atoms with Crippen LogP contribution in [-0.2, 0) is 11.2 Å². The first kappa shape index (κ1) is 12.5. The predicted octanol–water partition coefficient (Wildman–Crippen LogP) is 0.830. The average Bonchev–Trinajstić information content (AvgIpc) is 2.19. The second-order valence-electron chi connectivity index (χ2n) is 3.85. The number of rotatable bonds is 6. The minimum absolute atomic E-state index is 0.0842. The third-order valence-corrected chi connectivity index (χ3v) is 2.12. The van der Waals surface area contributed by atoms with Crippen molar-refractivity contribution in [3.63, 3.8) is 0 Å². The van der Waals surface area contributed by atoms with Gasteiger partial charge in [0.15, 0.2) is 0 Å². The zero-order valence-electron chi connectivity index (χ0n) is 9.48. The van der Waals surface area contributed by atoms with Crippen LogP contribution in [0, 0.1) is 0 Å². The molecular weight excluding hydrogens is 204 g/mol. The normalized spacial score (nSPS) is 12.1. The molecule has 0 aromatic heterocycles. The molecule has 0 fully saturated rings. The van der Waals surface area contributed by atoms with Gasteiger partial charge in [-0.3, -0.25) is 4.79 Å². The lowest BCUT2D eigenvalue weighted by Gasteiger charge is -2.12. The molecule has 1 amide bonds. The van der Waals surface area contributed by atoms with E-state index in [4.69, 9.17) is 16.2 Å². The summed E-state index contributed by atoms with van der Waals surface area (Å²) in [5.74, 6) is 0.422. The highest BCUT2D eigenvalue weighted by molar-refractivity contribution is 5.73. The van der Waals surface area contributed by atoms with E-state index < -0.39 is 0 Å². The molecule has 0 spiro atoms. The summed E-state index contributed by atoms with van der Waals surface area (Å²) in [6.07, 6.45) is 0.985. The Morgan fingerprint density at radius 2 is 2.12 bits per heavy atom. The smallest absolute Gasteiger partial charge is 0.220 e. The number of benzene rings is 1. The molecule has 0 bridgehead atoms. The van der Waals surface area contributed by atoms with E-state index in [1.807, 2.05) is 31.2 Å². The number of para-hydroxylation sites is 1. The van der Waals surface area contributed by atoms with E-state index in [0.29, 0.717) is 6.61 Å². The fraction of sp³-hybridized carbons (Fsp3) is 0.417. The topological polar surface area (TPSA) is 78.3 Å². The number of carbonyl (C=O) groups excluding carboxylic acids is 1. The van der Waals surface area contributed by atoms with Gasteiger partial charge < -0.3 is 16.2 Å². The second-order valence-corrected chi connectivity index (χ2v) is 3.85. The first-order valence-corrected chi connectivity index (χ1v) is 5.34. The molecule has 0 aliphatic heterocycles. The maximum atomic E-state index is 10.6. The van der Waals surface area contributed by atoms with Crippen LogP contribution in [0.1, 0.15) is 18.9 Å². The molecule has 0 aliphatic rings. The van der Waals surface area contributed by atoms with Crippen molar-refractivity contribution in [3.8, 4) is 5.75 Å². The van der Waals surface area contributed by atoms with Gasteiger partial charge in [0.1, 0.15) is 5.75 Å². The summed E-state index contributed by atoms with van der Waals surface area (Å²) in [5.41, 5.74) is 11.8. The fourth-order valence-corrected chi connectivity index (χ4v) is 1.42. The zero-order valence-corrected chi connectivity index (χ0v) is 9.48. The SMILES string of the molecule is CC(N)Cc1ccccc1OCCC(N)=O. The Morgan fingerprint density at radius 1 is 1.44 bits per heavy atom. The summed E-state index contributed by atoms with van der Waals surface area (Å²) in [6.45, 7) is 2.26. The van der Waals surface area contributed by atoms with Crippen molar-refractivity contribution >= 4 is 5.91 Å². The van der Waals surface area contributed by atoms with Gasteiger partial charge >= 0.3 is 0 Å². The molecular formula is C12H18N2O2. The molecule has 0 saturated heterocycles. The number of primary amides is 1. The van der Waals surface area contributed by atoms with Gasteiger partial charge in [-0.2, -0.15) is 0 Å². The number of ether oxygens (including phenoxy) is 1. The maximum absolute atomic E-state index is 10.6. The first-order valence-electron chi connectivity index (χ1n) is 5.34. The van der Waals surface area contributed by atoms with E-state index >= 15 is 0 Å². The van der Waals surface area contributed by atoms with Gasteiger partial charge in [0.25, 0.3) is 0 Å². The zero-order chi connectivity index (χ0) is 12.0. The van der Waals surface area contributed by atoms with Crippen LogP contribution in [0.2, 0.25) is 0 Å². The van der Waals surface area contributed by atoms with Gasteiger partial charge in [0.2, 0.25) is 5.91 Å². The largest absolute Gasteiger partial charge is 0.493 e. The van der Waals surface area contributed by atoms with E-state index in [9.17, 15) is 4.79 Å². The first-order chi connectivity index (χ1) is 7.59. The number of nitrogens with two attached hydrogens (primary N) is 2. The molecule has 1 atom stereocenters. The minimum Gasteiger partial charge on any atom is -0.493 e. The molecule has 16 heavy (non-hydrogen) atoms. The van der Waals surface area contributed by atoms with Crippen LogP contribution in [0.4, 0.5) is 0 Å². The molecule has 0 saturated carbocycles. The lowest BCUT2D eigenvalue weighted by molar-refractivity contribution is -0.118. The minimum atomic E-state index is -0.357. The highest BCUT2D eigenvalue weighted by atomic mass is 16.5. The molecule has 1 aromatic carbocycles. The highest BCUT2D eigenvalue weighted by Gasteiger charge is 2.05. The number of hydrogen-bond donors (Lipinski definition) is 2. The fourth-order valence-electron chi connectivity index (χ4n) is 1.42. The summed E-state index contributed by atoms with van der Waals surface area (Å²) in [4.78, 5) is 10.6. The Bertz CT molecular complexity index is 351. The molecule has 0 heterocycles. The molecule has 1 rings (SSSR count). The van der Waals surface area contributed by atoms with Gasteiger partial charge in [0, 0.05) is 6.04 Å². The van der Waals surface area contributed by atoms with Crippen molar-refractivity contribution in [1.29, 1.82) is 0 Å². The van der Waals surface area contributed by atoms with Crippen LogP contribution in [0.25, 0.3) is 0 Å². The molecule has 4 heteroatoms. The van der Waals surface area contributed by atoms with E-state index in [-0.39, 0.29) is 18.4 Å². The molecule has 88 valence electrons. The predicted molar refractivity (Wildman–Crippen MR) is 63.1 cm³/mol. The quantitative estimate of drug-likeness (QED) is 0.748. The van der Waals surface area contributed by atoms with Crippen molar-refractivity contribution in [1.82, 2.24) is 0 Å². The standard InChI is InChI=1S/C12H18N2O2/c1-9(13)8-10-4-2-3-5-11(10)16-7-6-12(14)15/h2-5,9H,6-8,13H2,1H3,(H2,14,15). The van der Waals surface area contributed by atoms with Gasteiger partial charge in [-0.1, -0.05) is 18.2 Å². The lowest BCUT2D eigenvalue weighted by atomic mass is 10.1. The number of amides is 1. The van der Waals surface area contributed by atoms with Gasteiger partial charge in [-0.25, -0.2) is 0 Å². The summed E-state index contributed by atoms with van der Waals surface area (Å²) in [5, 5.41) is 0. The molecule has 0 radical (unpaired) electrons. The van der Waals surface area contributed by atoms with Crippen LogP contribution in [-0.4, -0.2) is 18.6 Å². The summed E-state index contributed by atoms with van der Waals surface area (Å²) >= 11 is 0.